The Bertz CT molecular complexity index is 1150. The zero-order valence-corrected chi connectivity index (χ0v) is 19.1. The molecule has 0 fully saturated rings. The van der Waals surface area contributed by atoms with Gasteiger partial charge in [-0.1, -0.05) is 53.2 Å². The van der Waals surface area contributed by atoms with Crippen LogP contribution in [-0.4, -0.2) is 51.2 Å². The number of amides is 2. The summed E-state index contributed by atoms with van der Waals surface area (Å²) in [7, 11) is 1.42. The van der Waals surface area contributed by atoms with Crippen molar-refractivity contribution in [2.75, 3.05) is 24.7 Å². The summed E-state index contributed by atoms with van der Waals surface area (Å²) in [4.78, 5) is 30.0. The van der Waals surface area contributed by atoms with Crippen LogP contribution < -0.4 is 5.32 Å². The number of likely N-dealkylation sites (N-methyl/N-ethyl adjacent to an activating group) is 1. The van der Waals surface area contributed by atoms with E-state index in [1.54, 1.807) is 0 Å². The molecule has 2 N–H and O–H groups in total. The molecule has 174 valence electrons. The molecule has 0 saturated heterocycles. The molecule has 0 saturated carbocycles. The first kappa shape index (κ1) is 24.6. The Morgan fingerprint density at radius 1 is 1.18 bits per heavy atom. The molecule has 3 aromatic rings. The average molecular weight is 498 g/mol. The molecule has 0 aliphatic carbocycles. The van der Waals surface area contributed by atoms with E-state index in [9.17, 15) is 22.8 Å². The molecule has 3 rings (SSSR count). The number of aromatic amines is 1. The number of carbonyl (C=O) groups excluding carboxylic acids is 2. The number of anilines is 1. The topological polar surface area (TPSA) is 91.0 Å². The monoisotopic (exact) mass is 497 g/mol. The third-order valence-corrected chi connectivity index (χ3v) is 5.64. The van der Waals surface area contributed by atoms with Crippen molar-refractivity contribution in [2.45, 2.75) is 18.3 Å². The number of nitrogens with zero attached hydrogens (tertiary/aromatic N) is 3. The molecule has 1 heterocycles. The lowest BCUT2D eigenvalue weighted by Crippen LogP contribution is -2.36. The second-order valence-electron chi connectivity index (χ2n) is 7.11. The Kier molecular flexibility index (Phi) is 7.65. The number of halogens is 4. The van der Waals surface area contributed by atoms with E-state index in [4.69, 9.17) is 11.6 Å². The first-order valence-corrected chi connectivity index (χ1v) is 10.9. The van der Waals surface area contributed by atoms with E-state index in [2.05, 4.69) is 20.5 Å². The first-order chi connectivity index (χ1) is 15.5. The van der Waals surface area contributed by atoms with Crippen LogP contribution in [0.3, 0.4) is 0 Å². The molecule has 0 spiro atoms. The Morgan fingerprint density at radius 2 is 1.88 bits per heavy atom. The third kappa shape index (κ3) is 6.72. The van der Waals surface area contributed by atoms with Crippen molar-refractivity contribution in [2.24, 2.45) is 0 Å². The van der Waals surface area contributed by atoms with Gasteiger partial charge in [0.1, 0.15) is 0 Å². The van der Waals surface area contributed by atoms with E-state index < -0.39 is 22.7 Å². The van der Waals surface area contributed by atoms with Crippen molar-refractivity contribution >= 4 is 40.9 Å². The van der Waals surface area contributed by atoms with Crippen LogP contribution in [-0.2, 0) is 15.8 Å². The van der Waals surface area contributed by atoms with Crippen molar-refractivity contribution in [3.8, 4) is 11.4 Å². The summed E-state index contributed by atoms with van der Waals surface area (Å²) < 4.78 is 38.9. The van der Waals surface area contributed by atoms with Gasteiger partial charge in [0, 0.05) is 18.3 Å². The highest BCUT2D eigenvalue weighted by Crippen LogP contribution is 2.36. The van der Waals surface area contributed by atoms with Gasteiger partial charge in [-0.2, -0.15) is 13.2 Å². The lowest BCUT2D eigenvalue weighted by atomic mass is 10.1. The predicted octanol–water partition coefficient (Wildman–Crippen LogP) is 4.64. The minimum absolute atomic E-state index is 0.0197. The number of thioether (sulfide) groups is 1. The SMILES string of the molecule is Cc1ccc(-c2nc(SCC(=O)N(C)CC(=O)Nc3ccc(Cl)c(C(F)(F)F)c3)n[nH]2)cc1. The Hall–Kier alpha value is -3.05. The molecule has 7 nitrogen and oxygen atoms in total. The molecule has 33 heavy (non-hydrogen) atoms. The maximum absolute atomic E-state index is 13.0. The molecule has 0 unspecified atom stereocenters. The van der Waals surface area contributed by atoms with Crippen molar-refractivity contribution < 1.29 is 22.8 Å². The largest absolute Gasteiger partial charge is 0.417 e. The molecule has 2 amide bonds. The van der Waals surface area contributed by atoms with Crippen LogP contribution in [0.15, 0.2) is 47.6 Å². The van der Waals surface area contributed by atoms with Gasteiger partial charge in [0.15, 0.2) is 5.82 Å². The van der Waals surface area contributed by atoms with E-state index in [1.807, 2.05) is 31.2 Å². The highest BCUT2D eigenvalue weighted by molar-refractivity contribution is 7.99. The molecular weight excluding hydrogens is 479 g/mol. The van der Waals surface area contributed by atoms with E-state index >= 15 is 0 Å². The predicted molar refractivity (Wildman–Crippen MR) is 120 cm³/mol. The molecular formula is C21H19ClF3N5O2S. The number of H-pyrrole nitrogens is 1. The van der Waals surface area contributed by atoms with Crippen LogP contribution in [0.1, 0.15) is 11.1 Å². The van der Waals surface area contributed by atoms with Gasteiger partial charge in [-0.05, 0) is 25.1 Å². The van der Waals surface area contributed by atoms with Crippen LogP contribution >= 0.6 is 23.4 Å². The number of aromatic nitrogens is 3. The second-order valence-corrected chi connectivity index (χ2v) is 8.46. The van der Waals surface area contributed by atoms with Crippen molar-refractivity contribution in [3.05, 3.63) is 58.6 Å². The summed E-state index contributed by atoms with van der Waals surface area (Å²) in [6.45, 7) is 1.63. The fourth-order valence-corrected chi connectivity index (χ4v) is 3.68. The standard InChI is InChI=1S/C21H19ClF3N5O2S/c1-12-3-5-13(6-4-12)19-27-20(29-28-19)33-11-18(32)30(2)10-17(31)26-14-7-8-16(22)15(9-14)21(23,24)25/h3-9H,10-11H2,1-2H3,(H,26,31)(H,27,28,29). The lowest BCUT2D eigenvalue weighted by Gasteiger charge is -2.17. The molecule has 0 aliphatic heterocycles. The maximum atomic E-state index is 13.0. The highest BCUT2D eigenvalue weighted by Gasteiger charge is 2.33. The average Bonchev–Trinajstić information content (AvgIpc) is 3.22. The summed E-state index contributed by atoms with van der Waals surface area (Å²) >= 11 is 6.67. The number of carbonyl (C=O) groups is 2. The molecule has 2 aromatic carbocycles. The van der Waals surface area contributed by atoms with Crippen LogP contribution in [0.4, 0.5) is 18.9 Å². The number of rotatable bonds is 7. The zero-order valence-electron chi connectivity index (χ0n) is 17.5. The number of aryl methyl sites for hydroxylation is 1. The first-order valence-electron chi connectivity index (χ1n) is 9.55. The second kappa shape index (κ2) is 10.3. The van der Waals surface area contributed by atoms with Crippen molar-refractivity contribution in [3.63, 3.8) is 0 Å². The van der Waals surface area contributed by atoms with E-state index in [-0.39, 0.29) is 23.9 Å². The Balaban J connectivity index is 1.52. The fourth-order valence-electron chi connectivity index (χ4n) is 2.71. The smallest absolute Gasteiger partial charge is 0.336 e. The molecule has 0 aliphatic rings. The summed E-state index contributed by atoms with van der Waals surface area (Å²) in [5, 5.41) is 9.13. The van der Waals surface area contributed by atoms with Crippen LogP contribution in [0.2, 0.25) is 5.02 Å². The zero-order chi connectivity index (χ0) is 24.2. The highest BCUT2D eigenvalue weighted by atomic mass is 35.5. The number of hydrogen-bond donors (Lipinski definition) is 2. The minimum atomic E-state index is -4.65. The number of alkyl halides is 3. The number of nitrogens with one attached hydrogen (secondary N) is 2. The fraction of sp³-hybridized carbons (Fsp3) is 0.238. The van der Waals surface area contributed by atoms with Crippen LogP contribution in [0, 0.1) is 6.92 Å². The molecule has 0 bridgehead atoms. The van der Waals surface area contributed by atoms with Gasteiger partial charge in [-0.15, -0.1) is 5.10 Å². The van der Waals surface area contributed by atoms with Crippen molar-refractivity contribution in [1.82, 2.24) is 20.1 Å². The summed E-state index contributed by atoms with van der Waals surface area (Å²) in [6, 6.07) is 10.7. The summed E-state index contributed by atoms with van der Waals surface area (Å²) in [5.41, 5.74) is 0.842. The summed E-state index contributed by atoms with van der Waals surface area (Å²) in [6.07, 6.45) is -4.65. The molecule has 0 radical (unpaired) electrons. The van der Waals surface area contributed by atoms with Gasteiger partial charge in [-0.25, -0.2) is 4.98 Å². The van der Waals surface area contributed by atoms with E-state index in [1.165, 1.54) is 13.1 Å². The van der Waals surface area contributed by atoms with Gasteiger partial charge in [0.25, 0.3) is 0 Å². The van der Waals surface area contributed by atoms with Crippen LogP contribution in [0.5, 0.6) is 0 Å². The maximum Gasteiger partial charge on any atom is 0.417 e. The minimum Gasteiger partial charge on any atom is -0.336 e. The number of hydrogen-bond acceptors (Lipinski definition) is 5. The number of benzene rings is 2. The van der Waals surface area contributed by atoms with Gasteiger partial charge < -0.3 is 10.2 Å². The molecule has 1 aromatic heterocycles. The van der Waals surface area contributed by atoms with Crippen LogP contribution in [0.25, 0.3) is 11.4 Å². The molecule has 0 atom stereocenters. The van der Waals surface area contributed by atoms with E-state index in [0.29, 0.717) is 11.0 Å². The Labute approximate surface area is 196 Å². The Morgan fingerprint density at radius 3 is 2.55 bits per heavy atom. The van der Waals surface area contributed by atoms with Gasteiger partial charge in [-0.3, -0.25) is 14.7 Å². The van der Waals surface area contributed by atoms with E-state index in [0.717, 1.165) is 39.9 Å². The van der Waals surface area contributed by atoms with Gasteiger partial charge in [0.05, 0.1) is 22.9 Å². The van der Waals surface area contributed by atoms with Gasteiger partial charge >= 0.3 is 6.18 Å². The van der Waals surface area contributed by atoms with Crippen molar-refractivity contribution in [1.29, 1.82) is 0 Å². The normalized spacial score (nSPS) is 11.3. The quantitative estimate of drug-likeness (QED) is 0.464. The van der Waals surface area contributed by atoms with Gasteiger partial charge in [0.2, 0.25) is 17.0 Å². The summed E-state index contributed by atoms with van der Waals surface area (Å²) in [5.74, 6) is -0.470. The third-order valence-electron chi connectivity index (χ3n) is 4.48. The molecule has 12 heteroatoms. The lowest BCUT2D eigenvalue weighted by molar-refractivity contribution is -0.137.